The van der Waals surface area contributed by atoms with Crippen LogP contribution in [0.4, 0.5) is 0 Å². The van der Waals surface area contributed by atoms with Gasteiger partial charge in [-0.25, -0.2) is 0 Å². The molecule has 18 heavy (non-hydrogen) atoms. The minimum absolute atomic E-state index is 0.371. The standard InChI is InChI=1S/C15H21N3/c1-2-18-15-9-4-3-7-12(15)14(17-18)10-11-6-5-8-13(11)16/h3-4,7,9,11,13H,2,5-6,8,10,16H2,1H3. The van der Waals surface area contributed by atoms with E-state index < -0.39 is 0 Å². The summed E-state index contributed by atoms with van der Waals surface area (Å²) in [6, 6.07) is 8.90. The number of aryl methyl sites for hydroxylation is 1. The molecule has 3 rings (SSSR count). The van der Waals surface area contributed by atoms with E-state index in [4.69, 9.17) is 10.8 Å². The topological polar surface area (TPSA) is 43.8 Å². The van der Waals surface area contributed by atoms with Crippen LogP contribution in [0.5, 0.6) is 0 Å². The molecule has 2 aromatic rings. The zero-order valence-electron chi connectivity index (χ0n) is 11.0. The Kier molecular flexibility index (Phi) is 3.08. The van der Waals surface area contributed by atoms with Gasteiger partial charge in [-0.3, -0.25) is 4.68 Å². The van der Waals surface area contributed by atoms with Gasteiger partial charge in [-0.2, -0.15) is 5.10 Å². The van der Waals surface area contributed by atoms with Gasteiger partial charge >= 0.3 is 0 Å². The van der Waals surface area contributed by atoms with Crippen molar-refractivity contribution in [2.45, 2.75) is 45.2 Å². The van der Waals surface area contributed by atoms with Gasteiger partial charge in [-0.15, -0.1) is 0 Å². The predicted molar refractivity (Wildman–Crippen MR) is 74.4 cm³/mol. The molecule has 0 saturated heterocycles. The second-order valence-corrected chi connectivity index (χ2v) is 5.34. The molecular weight excluding hydrogens is 222 g/mol. The Morgan fingerprint density at radius 3 is 2.89 bits per heavy atom. The fraction of sp³-hybridized carbons (Fsp3) is 0.533. The van der Waals surface area contributed by atoms with E-state index in [1.54, 1.807) is 0 Å². The summed E-state index contributed by atoms with van der Waals surface area (Å²) < 4.78 is 2.10. The summed E-state index contributed by atoms with van der Waals surface area (Å²) in [6.07, 6.45) is 4.75. The molecule has 1 aliphatic rings. The monoisotopic (exact) mass is 243 g/mol. The lowest BCUT2D eigenvalue weighted by Crippen LogP contribution is -2.26. The van der Waals surface area contributed by atoms with E-state index >= 15 is 0 Å². The third-order valence-corrected chi connectivity index (χ3v) is 4.21. The average molecular weight is 243 g/mol. The number of fused-ring (bicyclic) bond motifs is 1. The molecule has 2 N–H and O–H groups in total. The van der Waals surface area contributed by atoms with Crippen LogP contribution < -0.4 is 5.73 Å². The molecular formula is C15H21N3. The summed E-state index contributed by atoms with van der Waals surface area (Å²) in [5.41, 5.74) is 8.66. The van der Waals surface area contributed by atoms with Gasteiger partial charge in [0.15, 0.2) is 0 Å². The smallest absolute Gasteiger partial charge is 0.0706 e. The number of nitrogens with zero attached hydrogens (tertiary/aromatic N) is 2. The Morgan fingerprint density at radius 2 is 2.17 bits per heavy atom. The van der Waals surface area contributed by atoms with Gasteiger partial charge in [-0.1, -0.05) is 24.6 Å². The molecule has 1 fully saturated rings. The highest BCUT2D eigenvalue weighted by molar-refractivity contribution is 5.81. The molecule has 3 heteroatoms. The highest BCUT2D eigenvalue weighted by Gasteiger charge is 2.25. The first-order valence-electron chi connectivity index (χ1n) is 6.99. The van der Waals surface area contributed by atoms with Crippen LogP contribution in [0.1, 0.15) is 31.9 Å². The molecule has 96 valence electrons. The maximum Gasteiger partial charge on any atom is 0.0706 e. The van der Waals surface area contributed by atoms with Crippen LogP contribution >= 0.6 is 0 Å². The summed E-state index contributed by atoms with van der Waals surface area (Å²) in [5.74, 6) is 0.619. The first-order valence-corrected chi connectivity index (χ1v) is 6.99. The average Bonchev–Trinajstić information content (AvgIpc) is 2.95. The molecule has 2 unspecified atom stereocenters. The van der Waals surface area contributed by atoms with E-state index in [0.717, 1.165) is 13.0 Å². The van der Waals surface area contributed by atoms with Gasteiger partial charge in [0.05, 0.1) is 11.2 Å². The van der Waals surface area contributed by atoms with Gasteiger partial charge in [-0.05, 0) is 38.2 Å². The third-order valence-electron chi connectivity index (χ3n) is 4.21. The molecule has 1 saturated carbocycles. The normalized spacial score (nSPS) is 23.9. The van der Waals surface area contributed by atoms with Gasteiger partial charge in [0.1, 0.15) is 0 Å². The van der Waals surface area contributed by atoms with Crippen LogP contribution in [0.3, 0.4) is 0 Å². The number of hydrogen-bond donors (Lipinski definition) is 1. The van der Waals surface area contributed by atoms with Crippen molar-refractivity contribution in [3.05, 3.63) is 30.0 Å². The summed E-state index contributed by atoms with van der Waals surface area (Å²) in [6.45, 7) is 3.07. The Bertz CT molecular complexity index is 544. The van der Waals surface area contributed by atoms with Crippen molar-refractivity contribution in [3.8, 4) is 0 Å². The van der Waals surface area contributed by atoms with Crippen molar-refractivity contribution in [2.75, 3.05) is 0 Å². The highest BCUT2D eigenvalue weighted by Crippen LogP contribution is 2.29. The Morgan fingerprint density at radius 1 is 1.33 bits per heavy atom. The first-order chi connectivity index (χ1) is 8.79. The summed E-state index contributed by atoms with van der Waals surface area (Å²) in [4.78, 5) is 0. The summed E-state index contributed by atoms with van der Waals surface area (Å²) in [7, 11) is 0. The van der Waals surface area contributed by atoms with Gasteiger partial charge in [0.25, 0.3) is 0 Å². The maximum absolute atomic E-state index is 6.18. The predicted octanol–water partition coefficient (Wildman–Crippen LogP) is 2.73. The Labute approximate surface area is 108 Å². The third kappa shape index (κ3) is 1.93. The maximum atomic E-state index is 6.18. The van der Waals surface area contributed by atoms with E-state index in [0.29, 0.717) is 12.0 Å². The lowest BCUT2D eigenvalue weighted by atomic mass is 9.97. The Hall–Kier alpha value is -1.35. The second kappa shape index (κ2) is 4.73. The molecule has 0 spiro atoms. The van der Waals surface area contributed by atoms with Crippen molar-refractivity contribution in [1.82, 2.24) is 9.78 Å². The summed E-state index contributed by atoms with van der Waals surface area (Å²) >= 11 is 0. The molecule has 1 aromatic heterocycles. The van der Waals surface area contributed by atoms with E-state index in [9.17, 15) is 0 Å². The molecule has 1 aromatic carbocycles. The van der Waals surface area contributed by atoms with Crippen LogP contribution in [0, 0.1) is 5.92 Å². The number of benzene rings is 1. The van der Waals surface area contributed by atoms with E-state index in [1.807, 2.05) is 0 Å². The molecule has 1 heterocycles. The lowest BCUT2D eigenvalue weighted by molar-refractivity contribution is 0.471. The largest absolute Gasteiger partial charge is 0.327 e. The second-order valence-electron chi connectivity index (χ2n) is 5.34. The fourth-order valence-electron chi connectivity index (χ4n) is 3.16. The molecule has 1 aliphatic carbocycles. The highest BCUT2D eigenvalue weighted by atomic mass is 15.3. The number of hydrogen-bond acceptors (Lipinski definition) is 2. The molecule has 0 radical (unpaired) electrons. The molecule has 0 amide bonds. The van der Waals surface area contributed by atoms with E-state index in [1.165, 1.54) is 35.9 Å². The molecule has 0 bridgehead atoms. The van der Waals surface area contributed by atoms with Crippen molar-refractivity contribution >= 4 is 10.9 Å². The zero-order chi connectivity index (χ0) is 12.5. The first kappa shape index (κ1) is 11.7. The fourth-order valence-corrected chi connectivity index (χ4v) is 3.16. The summed E-state index contributed by atoms with van der Waals surface area (Å²) in [5, 5.41) is 6.07. The quantitative estimate of drug-likeness (QED) is 0.900. The SMILES string of the molecule is CCn1nc(CC2CCCC2N)c2ccccc21. The minimum atomic E-state index is 0.371. The van der Waals surface area contributed by atoms with Crippen LogP contribution in [-0.4, -0.2) is 15.8 Å². The lowest BCUT2D eigenvalue weighted by Gasteiger charge is -2.13. The number of aromatic nitrogens is 2. The van der Waals surface area contributed by atoms with Crippen molar-refractivity contribution < 1.29 is 0 Å². The molecule has 3 nitrogen and oxygen atoms in total. The Balaban J connectivity index is 1.96. The number of rotatable bonds is 3. The molecule has 0 aliphatic heterocycles. The van der Waals surface area contributed by atoms with Gasteiger partial charge in [0.2, 0.25) is 0 Å². The van der Waals surface area contributed by atoms with Crippen LogP contribution in [0.25, 0.3) is 10.9 Å². The van der Waals surface area contributed by atoms with Gasteiger partial charge in [0, 0.05) is 18.0 Å². The number of nitrogens with two attached hydrogens (primary N) is 1. The minimum Gasteiger partial charge on any atom is -0.327 e. The van der Waals surface area contributed by atoms with Crippen LogP contribution in [0.15, 0.2) is 24.3 Å². The van der Waals surface area contributed by atoms with E-state index in [-0.39, 0.29) is 0 Å². The van der Waals surface area contributed by atoms with Crippen LogP contribution in [-0.2, 0) is 13.0 Å². The number of para-hydroxylation sites is 1. The van der Waals surface area contributed by atoms with Crippen molar-refractivity contribution in [2.24, 2.45) is 11.7 Å². The zero-order valence-corrected chi connectivity index (χ0v) is 11.0. The van der Waals surface area contributed by atoms with Gasteiger partial charge < -0.3 is 5.73 Å². The molecule has 2 atom stereocenters. The van der Waals surface area contributed by atoms with Crippen LogP contribution in [0.2, 0.25) is 0 Å². The van der Waals surface area contributed by atoms with E-state index in [2.05, 4.69) is 35.9 Å². The van der Waals surface area contributed by atoms with Crippen molar-refractivity contribution in [1.29, 1.82) is 0 Å². The van der Waals surface area contributed by atoms with Crippen molar-refractivity contribution in [3.63, 3.8) is 0 Å².